The minimum Gasteiger partial charge on any atom is -0.456 e. The van der Waals surface area contributed by atoms with Crippen LogP contribution in [-0.4, -0.2) is 0 Å². The number of thiophene rings is 1. The Morgan fingerprint density at radius 3 is 1.73 bits per heavy atom. The molecule has 0 bridgehead atoms. The maximum Gasteiger partial charge on any atom is 0.137 e. The predicted octanol–water partition coefficient (Wildman–Crippen LogP) is 15.7. The lowest BCUT2D eigenvalue weighted by molar-refractivity contribution is 0.669. The van der Waals surface area contributed by atoms with Crippen LogP contribution in [0, 0.1) is 0 Å². The van der Waals surface area contributed by atoms with E-state index in [1.165, 1.54) is 42.1 Å². The zero-order valence-electron chi connectivity index (χ0n) is 30.3. The van der Waals surface area contributed by atoms with Crippen LogP contribution in [0.2, 0.25) is 0 Å². The van der Waals surface area contributed by atoms with Crippen molar-refractivity contribution < 1.29 is 4.42 Å². The summed E-state index contributed by atoms with van der Waals surface area (Å²) in [5.74, 6) is 0. The molecular weight excluding hydrogens is 701 g/mol. The number of fused-ring (bicyclic) bond motifs is 7. The molecule has 56 heavy (non-hydrogen) atoms. The molecule has 0 spiro atoms. The standard InChI is InChI=1S/C52H34N2OS/c1-3-14-39(15-4-1)54(40-16-5-2-6-17-40)47-19-11-21-50-52(47)46-31-29-43(34-51(46)56-50)53(42-28-30-45-44-18-9-10-20-48(44)55-49(45)33-42)41-26-24-36(25-27-41)38-23-22-35-12-7-8-13-37(35)32-38/h1-34H. The van der Waals surface area contributed by atoms with Crippen LogP contribution >= 0.6 is 11.3 Å². The van der Waals surface area contributed by atoms with Crippen LogP contribution in [0.3, 0.4) is 0 Å². The second-order valence-electron chi connectivity index (χ2n) is 14.2. The summed E-state index contributed by atoms with van der Waals surface area (Å²) in [6, 6.07) is 73.9. The van der Waals surface area contributed by atoms with Crippen molar-refractivity contribution in [3.63, 3.8) is 0 Å². The lowest BCUT2D eigenvalue weighted by Gasteiger charge is -2.27. The van der Waals surface area contributed by atoms with E-state index < -0.39 is 0 Å². The Morgan fingerprint density at radius 1 is 0.339 bits per heavy atom. The maximum absolute atomic E-state index is 6.42. The molecule has 0 saturated heterocycles. The van der Waals surface area contributed by atoms with E-state index >= 15 is 0 Å². The Bertz CT molecular complexity index is 3160. The van der Waals surface area contributed by atoms with E-state index in [0.29, 0.717) is 0 Å². The van der Waals surface area contributed by atoms with Crippen molar-refractivity contribution in [2.75, 3.05) is 9.80 Å². The van der Waals surface area contributed by atoms with E-state index in [-0.39, 0.29) is 0 Å². The van der Waals surface area contributed by atoms with Crippen molar-refractivity contribution in [3.05, 3.63) is 206 Å². The van der Waals surface area contributed by atoms with Crippen molar-refractivity contribution in [1.82, 2.24) is 0 Å². The molecule has 0 unspecified atom stereocenters. The largest absolute Gasteiger partial charge is 0.456 e. The van der Waals surface area contributed by atoms with E-state index in [0.717, 1.165) is 56.1 Å². The number of rotatable bonds is 7. The van der Waals surface area contributed by atoms with Crippen LogP contribution in [0.25, 0.3) is 64.0 Å². The van der Waals surface area contributed by atoms with Crippen LogP contribution in [0.4, 0.5) is 34.1 Å². The van der Waals surface area contributed by atoms with Gasteiger partial charge in [-0.15, -0.1) is 11.3 Å². The number of nitrogens with zero attached hydrogens (tertiary/aromatic N) is 2. The van der Waals surface area contributed by atoms with Gasteiger partial charge >= 0.3 is 0 Å². The summed E-state index contributed by atoms with van der Waals surface area (Å²) in [7, 11) is 0. The topological polar surface area (TPSA) is 19.6 Å². The average molecular weight is 735 g/mol. The fourth-order valence-corrected chi connectivity index (χ4v) is 9.34. The molecule has 0 aliphatic heterocycles. The van der Waals surface area contributed by atoms with E-state index in [2.05, 4.69) is 204 Å². The highest BCUT2D eigenvalue weighted by Crippen LogP contribution is 2.47. The third kappa shape index (κ3) is 5.50. The summed E-state index contributed by atoms with van der Waals surface area (Å²) < 4.78 is 8.90. The second kappa shape index (κ2) is 13.3. The number of anilines is 6. The van der Waals surface area contributed by atoms with Gasteiger partial charge in [0.15, 0.2) is 0 Å². The van der Waals surface area contributed by atoms with E-state index in [1.807, 2.05) is 23.5 Å². The molecule has 0 aliphatic carbocycles. The average Bonchev–Trinajstić information content (AvgIpc) is 3.83. The van der Waals surface area contributed by atoms with Crippen molar-refractivity contribution in [3.8, 4) is 11.1 Å². The Balaban J connectivity index is 1.06. The monoisotopic (exact) mass is 734 g/mol. The second-order valence-corrected chi connectivity index (χ2v) is 15.2. The molecule has 11 aromatic rings. The van der Waals surface area contributed by atoms with Gasteiger partial charge in [-0.1, -0.05) is 115 Å². The van der Waals surface area contributed by atoms with Gasteiger partial charge in [-0.3, -0.25) is 0 Å². The Morgan fingerprint density at radius 2 is 0.946 bits per heavy atom. The zero-order valence-corrected chi connectivity index (χ0v) is 31.2. The van der Waals surface area contributed by atoms with Gasteiger partial charge in [0, 0.05) is 65.4 Å². The van der Waals surface area contributed by atoms with Gasteiger partial charge < -0.3 is 14.2 Å². The van der Waals surface area contributed by atoms with E-state index in [1.54, 1.807) is 0 Å². The van der Waals surface area contributed by atoms with Gasteiger partial charge in [0.25, 0.3) is 0 Å². The molecule has 2 aromatic heterocycles. The molecule has 11 rings (SSSR count). The number of hydrogen-bond acceptors (Lipinski definition) is 4. The van der Waals surface area contributed by atoms with Crippen LogP contribution < -0.4 is 9.80 Å². The summed E-state index contributed by atoms with van der Waals surface area (Å²) in [5, 5.41) is 7.22. The predicted molar refractivity (Wildman–Crippen MR) is 239 cm³/mol. The summed E-state index contributed by atoms with van der Waals surface area (Å²) in [6.45, 7) is 0. The zero-order chi connectivity index (χ0) is 37.0. The van der Waals surface area contributed by atoms with Gasteiger partial charge in [-0.25, -0.2) is 0 Å². The van der Waals surface area contributed by atoms with Crippen molar-refractivity contribution in [2.24, 2.45) is 0 Å². The Labute approximate surface area is 328 Å². The molecule has 0 N–H and O–H groups in total. The normalized spacial score (nSPS) is 11.6. The van der Waals surface area contributed by atoms with E-state index in [9.17, 15) is 0 Å². The third-order valence-corrected chi connectivity index (χ3v) is 11.9. The van der Waals surface area contributed by atoms with Gasteiger partial charge in [0.1, 0.15) is 11.2 Å². The molecule has 9 aromatic carbocycles. The lowest BCUT2D eigenvalue weighted by Crippen LogP contribution is -2.10. The molecule has 4 heteroatoms. The first-order chi connectivity index (χ1) is 27.7. The van der Waals surface area contributed by atoms with Crippen molar-refractivity contribution in [1.29, 1.82) is 0 Å². The molecule has 0 fully saturated rings. The fourth-order valence-electron chi connectivity index (χ4n) is 8.18. The van der Waals surface area contributed by atoms with E-state index in [4.69, 9.17) is 4.42 Å². The number of furan rings is 1. The van der Waals surface area contributed by atoms with Gasteiger partial charge in [-0.05, 0) is 107 Å². The van der Waals surface area contributed by atoms with Crippen LogP contribution in [-0.2, 0) is 0 Å². The van der Waals surface area contributed by atoms with Crippen LogP contribution in [0.15, 0.2) is 211 Å². The summed E-state index contributed by atoms with van der Waals surface area (Å²) in [5.41, 5.74) is 10.8. The molecule has 2 heterocycles. The van der Waals surface area contributed by atoms with Crippen molar-refractivity contribution >= 4 is 98.3 Å². The smallest absolute Gasteiger partial charge is 0.137 e. The highest BCUT2D eigenvalue weighted by atomic mass is 32.1. The van der Waals surface area contributed by atoms with Crippen molar-refractivity contribution in [2.45, 2.75) is 0 Å². The first kappa shape index (κ1) is 32.3. The molecule has 0 atom stereocenters. The lowest BCUT2D eigenvalue weighted by atomic mass is 10.0. The first-order valence-corrected chi connectivity index (χ1v) is 19.7. The summed E-state index contributed by atoms with van der Waals surface area (Å²) >= 11 is 1.84. The Hall–Kier alpha value is -7.14. The maximum atomic E-state index is 6.42. The molecule has 0 radical (unpaired) electrons. The first-order valence-electron chi connectivity index (χ1n) is 18.9. The summed E-state index contributed by atoms with van der Waals surface area (Å²) in [6.07, 6.45) is 0. The van der Waals surface area contributed by atoms with Crippen LogP contribution in [0.1, 0.15) is 0 Å². The minimum absolute atomic E-state index is 0.871. The number of hydrogen-bond donors (Lipinski definition) is 0. The molecular formula is C52H34N2OS. The van der Waals surface area contributed by atoms with Gasteiger partial charge in [0.2, 0.25) is 0 Å². The molecule has 0 aliphatic rings. The summed E-state index contributed by atoms with van der Waals surface area (Å²) in [4.78, 5) is 4.72. The van der Waals surface area contributed by atoms with Crippen LogP contribution in [0.5, 0.6) is 0 Å². The number of para-hydroxylation sites is 3. The third-order valence-electron chi connectivity index (χ3n) is 10.8. The molecule has 0 amide bonds. The SMILES string of the molecule is c1ccc(N(c2ccccc2)c2cccc3sc4cc(N(c5ccc(-c6ccc7ccccc7c6)cc5)c5ccc6c(c5)oc5ccccc56)ccc4c23)cc1. The molecule has 0 saturated carbocycles. The minimum atomic E-state index is 0.871. The highest BCUT2D eigenvalue weighted by molar-refractivity contribution is 7.26. The quantitative estimate of drug-likeness (QED) is 0.163. The molecule has 3 nitrogen and oxygen atoms in total. The Kier molecular flexibility index (Phi) is 7.68. The fraction of sp³-hybridized carbons (Fsp3) is 0. The van der Waals surface area contributed by atoms with Gasteiger partial charge in [0.05, 0.1) is 5.69 Å². The highest BCUT2D eigenvalue weighted by Gasteiger charge is 2.21. The number of benzene rings is 9. The van der Waals surface area contributed by atoms with Gasteiger partial charge in [-0.2, -0.15) is 0 Å². The molecule has 264 valence electrons.